The number of hydrogen-bond acceptors (Lipinski definition) is 4. The van der Waals surface area contributed by atoms with Crippen LogP contribution in [0.25, 0.3) is 10.8 Å². The highest BCUT2D eigenvalue weighted by molar-refractivity contribution is 7.89. The number of nitrogens with zero attached hydrogens (tertiary/aromatic N) is 2. The maximum atomic E-state index is 13.3. The lowest BCUT2D eigenvalue weighted by Gasteiger charge is -2.35. The van der Waals surface area contributed by atoms with Crippen molar-refractivity contribution in [2.45, 2.75) is 4.90 Å². The monoisotopic (exact) mass is 382 g/mol. The molecule has 27 heavy (non-hydrogen) atoms. The number of benzene rings is 3. The number of anilines is 1. The molecule has 0 aliphatic carbocycles. The van der Waals surface area contributed by atoms with Gasteiger partial charge in [-0.1, -0.05) is 42.5 Å². The third-order valence-electron chi connectivity index (χ3n) is 5.04. The van der Waals surface area contributed by atoms with E-state index in [0.717, 1.165) is 11.1 Å². The Morgan fingerprint density at radius 1 is 0.778 bits per heavy atom. The minimum absolute atomic E-state index is 0.340. The zero-order valence-electron chi connectivity index (χ0n) is 15.2. The number of fused-ring (bicyclic) bond motifs is 1. The van der Waals surface area contributed by atoms with Crippen LogP contribution in [0.1, 0.15) is 0 Å². The molecular weight excluding hydrogens is 360 g/mol. The Morgan fingerprint density at radius 3 is 2.07 bits per heavy atom. The van der Waals surface area contributed by atoms with E-state index in [9.17, 15) is 8.42 Å². The summed E-state index contributed by atoms with van der Waals surface area (Å²) >= 11 is 0. The molecule has 0 unspecified atom stereocenters. The van der Waals surface area contributed by atoms with E-state index in [2.05, 4.69) is 17.0 Å². The number of piperazine rings is 1. The molecular formula is C21H22N2O3S. The Balaban J connectivity index is 1.63. The fraction of sp³-hybridized carbons (Fsp3) is 0.238. The summed E-state index contributed by atoms with van der Waals surface area (Å²) in [7, 11) is -1.97. The summed E-state index contributed by atoms with van der Waals surface area (Å²) in [5.41, 5.74) is 1.13. The molecule has 3 aromatic rings. The fourth-order valence-corrected chi connectivity index (χ4v) is 5.23. The second-order valence-corrected chi connectivity index (χ2v) is 8.44. The molecule has 140 valence electrons. The van der Waals surface area contributed by atoms with Crippen molar-refractivity contribution in [1.29, 1.82) is 0 Å². The van der Waals surface area contributed by atoms with Gasteiger partial charge in [0.05, 0.1) is 12.0 Å². The van der Waals surface area contributed by atoms with Crippen LogP contribution in [0.3, 0.4) is 0 Å². The van der Waals surface area contributed by atoms with E-state index in [-0.39, 0.29) is 0 Å². The largest absolute Gasteiger partial charge is 0.496 e. The predicted octanol–water partition coefficient (Wildman–Crippen LogP) is 3.36. The topological polar surface area (TPSA) is 49.9 Å². The molecule has 6 heteroatoms. The fourth-order valence-electron chi connectivity index (χ4n) is 3.61. The average Bonchev–Trinajstić information content (AvgIpc) is 2.73. The van der Waals surface area contributed by atoms with Gasteiger partial charge < -0.3 is 9.64 Å². The van der Waals surface area contributed by atoms with Crippen LogP contribution >= 0.6 is 0 Å². The zero-order valence-corrected chi connectivity index (χ0v) is 16.0. The van der Waals surface area contributed by atoms with Crippen molar-refractivity contribution in [2.75, 3.05) is 38.2 Å². The van der Waals surface area contributed by atoms with Crippen molar-refractivity contribution in [3.63, 3.8) is 0 Å². The predicted molar refractivity (Wildman–Crippen MR) is 108 cm³/mol. The smallest absolute Gasteiger partial charge is 0.243 e. The third-order valence-corrected chi connectivity index (χ3v) is 7.00. The van der Waals surface area contributed by atoms with Crippen LogP contribution in [0.2, 0.25) is 0 Å². The number of para-hydroxylation sites is 1. The SMILES string of the molecule is COc1ccc(S(=O)(=O)N2CCN(c3ccccc3)CC2)c2ccccc12. The van der Waals surface area contributed by atoms with Crippen LogP contribution in [0.5, 0.6) is 5.75 Å². The summed E-state index contributed by atoms with van der Waals surface area (Å²) in [4.78, 5) is 2.56. The van der Waals surface area contributed by atoms with Gasteiger partial charge in [-0.05, 0) is 24.3 Å². The first kappa shape index (κ1) is 17.8. The van der Waals surface area contributed by atoms with Gasteiger partial charge in [-0.3, -0.25) is 0 Å². The molecule has 0 N–H and O–H groups in total. The number of sulfonamides is 1. The third kappa shape index (κ3) is 3.26. The number of ether oxygens (including phenoxy) is 1. The van der Waals surface area contributed by atoms with Crippen LogP contribution < -0.4 is 9.64 Å². The minimum Gasteiger partial charge on any atom is -0.496 e. The van der Waals surface area contributed by atoms with Crippen molar-refractivity contribution in [1.82, 2.24) is 4.31 Å². The molecule has 4 rings (SSSR count). The lowest BCUT2D eigenvalue weighted by molar-refractivity contribution is 0.385. The van der Waals surface area contributed by atoms with Gasteiger partial charge in [-0.2, -0.15) is 4.31 Å². The Kier molecular flexibility index (Phi) is 4.76. The van der Waals surface area contributed by atoms with Gasteiger partial charge >= 0.3 is 0 Å². The molecule has 0 radical (unpaired) electrons. The molecule has 0 bridgehead atoms. The second kappa shape index (κ2) is 7.21. The van der Waals surface area contributed by atoms with Crippen molar-refractivity contribution in [2.24, 2.45) is 0 Å². The van der Waals surface area contributed by atoms with E-state index < -0.39 is 10.0 Å². The van der Waals surface area contributed by atoms with Crippen LogP contribution in [0.4, 0.5) is 5.69 Å². The lowest BCUT2D eigenvalue weighted by Crippen LogP contribution is -2.48. The number of hydrogen-bond donors (Lipinski definition) is 0. The van der Waals surface area contributed by atoms with Gasteiger partial charge in [0.1, 0.15) is 5.75 Å². The van der Waals surface area contributed by atoms with Crippen molar-refractivity contribution in [3.05, 3.63) is 66.7 Å². The summed E-state index contributed by atoms with van der Waals surface area (Å²) < 4.78 is 33.6. The summed E-state index contributed by atoms with van der Waals surface area (Å²) in [6, 6.07) is 21.0. The summed E-state index contributed by atoms with van der Waals surface area (Å²) in [6.45, 7) is 2.30. The highest BCUT2D eigenvalue weighted by Gasteiger charge is 2.30. The molecule has 1 fully saturated rings. The molecule has 1 saturated heterocycles. The van der Waals surface area contributed by atoms with E-state index in [1.807, 2.05) is 42.5 Å². The standard InChI is InChI=1S/C21H22N2O3S/c1-26-20-11-12-21(19-10-6-5-9-18(19)20)27(24,25)23-15-13-22(14-16-23)17-7-3-2-4-8-17/h2-12H,13-16H2,1H3. The Labute approximate surface area is 159 Å². The first-order valence-electron chi connectivity index (χ1n) is 8.97. The van der Waals surface area contributed by atoms with E-state index in [1.165, 1.54) is 0 Å². The maximum absolute atomic E-state index is 13.3. The van der Waals surface area contributed by atoms with Crippen molar-refractivity contribution in [3.8, 4) is 5.75 Å². The summed E-state index contributed by atoms with van der Waals surface area (Å²) in [6.07, 6.45) is 0. The van der Waals surface area contributed by atoms with Crippen LogP contribution in [-0.2, 0) is 10.0 Å². The maximum Gasteiger partial charge on any atom is 0.243 e. The highest BCUT2D eigenvalue weighted by Crippen LogP contribution is 2.32. The van der Waals surface area contributed by atoms with Gasteiger partial charge in [0, 0.05) is 42.6 Å². The van der Waals surface area contributed by atoms with E-state index in [4.69, 9.17) is 4.74 Å². The molecule has 1 aliphatic rings. The van der Waals surface area contributed by atoms with Crippen LogP contribution in [0.15, 0.2) is 71.6 Å². The molecule has 0 atom stereocenters. The zero-order chi connectivity index (χ0) is 18.9. The molecule has 0 aromatic heterocycles. The highest BCUT2D eigenvalue weighted by atomic mass is 32.2. The molecule has 0 spiro atoms. The van der Waals surface area contributed by atoms with Gasteiger partial charge in [-0.25, -0.2) is 8.42 Å². The van der Waals surface area contributed by atoms with E-state index in [0.29, 0.717) is 42.2 Å². The van der Waals surface area contributed by atoms with E-state index >= 15 is 0 Å². The molecule has 1 heterocycles. The second-order valence-electron chi connectivity index (χ2n) is 6.54. The molecule has 0 saturated carbocycles. The quantitative estimate of drug-likeness (QED) is 0.694. The molecule has 1 aliphatic heterocycles. The molecule has 5 nitrogen and oxygen atoms in total. The summed E-state index contributed by atoms with van der Waals surface area (Å²) in [5, 5.41) is 1.51. The van der Waals surface area contributed by atoms with E-state index in [1.54, 1.807) is 23.5 Å². The average molecular weight is 382 g/mol. The number of rotatable bonds is 4. The molecule has 0 amide bonds. The Hall–Kier alpha value is -2.57. The first-order chi connectivity index (χ1) is 13.1. The van der Waals surface area contributed by atoms with Gasteiger partial charge in [0.2, 0.25) is 10.0 Å². The van der Waals surface area contributed by atoms with Gasteiger partial charge in [-0.15, -0.1) is 0 Å². The normalized spacial score (nSPS) is 15.8. The van der Waals surface area contributed by atoms with Crippen LogP contribution in [0, 0.1) is 0 Å². The Bertz CT molecular complexity index is 1040. The first-order valence-corrected chi connectivity index (χ1v) is 10.4. The van der Waals surface area contributed by atoms with Gasteiger partial charge in [0.25, 0.3) is 0 Å². The molecule has 3 aromatic carbocycles. The van der Waals surface area contributed by atoms with Gasteiger partial charge in [0.15, 0.2) is 0 Å². The van der Waals surface area contributed by atoms with Crippen molar-refractivity contribution >= 4 is 26.5 Å². The van der Waals surface area contributed by atoms with Crippen LogP contribution in [-0.4, -0.2) is 46.0 Å². The Morgan fingerprint density at radius 2 is 1.41 bits per heavy atom. The number of methoxy groups -OCH3 is 1. The summed E-state index contributed by atoms with van der Waals surface area (Å²) in [5.74, 6) is 0.679. The minimum atomic E-state index is -3.57. The van der Waals surface area contributed by atoms with Crippen molar-refractivity contribution < 1.29 is 13.2 Å². The lowest BCUT2D eigenvalue weighted by atomic mass is 10.1.